The maximum absolute atomic E-state index is 13.3. The van der Waals surface area contributed by atoms with Crippen molar-refractivity contribution in [2.75, 3.05) is 11.4 Å². The van der Waals surface area contributed by atoms with Crippen LogP contribution in [-0.4, -0.2) is 12.6 Å². The predicted molar refractivity (Wildman–Crippen MR) is 74.5 cm³/mol. The molecule has 2 atom stereocenters. The topological polar surface area (TPSA) is 29.3 Å². The van der Waals surface area contributed by atoms with E-state index in [1.54, 1.807) is 12.1 Å². The SMILES string of the molecule is CC1CCN(c2ccc(CN)cc2C(F)(F)F)C(C)C1. The number of hydrogen-bond donors (Lipinski definition) is 1. The summed E-state index contributed by atoms with van der Waals surface area (Å²) < 4.78 is 39.8. The van der Waals surface area contributed by atoms with Gasteiger partial charge in [0.15, 0.2) is 0 Å². The third-order valence-corrected chi connectivity index (χ3v) is 4.05. The van der Waals surface area contributed by atoms with Crippen molar-refractivity contribution in [3.63, 3.8) is 0 Å². The van der Waals surface area contributed by atoms with E-state index in [0.29, 0.717) is 18.0 Å². The second-order valence-electron chi connectivity index (χ2n) is 5.73. The molecule has 2 N–H and O–H groups in total. The molecule has 2 unspecified atom stereocenters. The lowest BCUT2D eigenvalue weighted by molar-refractivity contribution is -0.137. The molecule has 0 aliphatic carbocycles. The van der Waals surface area contributed by atoms with E-state index in [9.17, 15) is 13.2 Å². The molecule has 2 nitrogen and oxygen atoms in total. The summed E-state index contributed by atoms with van der Waals surface area (Å²) >= 11 is 0. The Hall–Kier alpha value is -1.23. The third-order valence-electron chi connectivity index (χ3n) is 4.05. The Balaban J connectivity index is 2.40. The fraction of sp³-hybridized carbons (Fsp3) is 0.600. The van der Waals surface area contributed by atoms with Crippen molar-refractivity contribution in [1.82, 2.24) is 0 Å². The Kier molecular flexibility index (Phi) is 4.28. The molecule has 0 bridgehead atoms. The van der Waals surface area contributed by atoms with Gasteiger partial charge in [-0.1, -0.05) is 13.0 Å². The molecular weight excluding hydrogens is 265 g/mol. The highest BCUT2D eigenvalue weighted by Crippen LogP contribution is 2.39. The monoisotopic (exact) mass is 286 g/mol. The molecule has 20 heavy (non-hydrogen) atoms. The first-order chi connectivity index (χ1) is 9.32. The van der Waals surface area contributed by atoms with Gasteiger partial charge >= 0.3 is 6.18 Å². The Morgan fingerprint density at radius 3 is 2.55 bits per heavy atom. The number of rotatable bonds is 2. The van der Waals surface area contributed by atoms with Gasteiger partial charge in [0.25, 0.3) is 0 Å². The lowest BCUT2D eigenvalue weighted by Crippen LogP contribution is -2.41. The highest BCUT2D eigenvalue weighted by molar-refractivity contribution is 5.57. The zero-order valence-electron chi connectivity index (χ0n) is 11.9. The van der Waals surface area contributed by atoms with E-state index in [-0.39, 0.29) is 18.3 Å². The van der Waals surface area contributed by atoms with Crippen molar-refractivity contribution >= 4 is 5.69 Å². The average Bonchev–Trinajstić information content (AvgIpc) is 2.37. The summed E-state index contributed by atoms with van der Waals surface area (Å²) in [5, 5.41) is 0. The minimum atomic E-state index is -4.34. The number of benzene rings is 1. The lowest BCUT2D eigenvalue weighted by Gasteiger charge is -2.39. The smallest absolute Gasteiger partial charge is 0.368 e. The maximum Gasteiger partial charge on any atom is 0.418 e. The third kappa shape index (κ3) is 3.08. The Morgan fingerprint density at radius 1 is 1.30 bits per heavy atom. The van der Waals surface area contributed by atoms with E-state index >= 15 is 0 Å². The molecule has 1 aliphatic rings. The van der Waals surface area contributed by atoms with Crippen molar-refractivity contribution in [1.29, 1.82) is 0 Å². The van der Waals surface area contributed by atoms with Crippen molar-refractivity contribution in [2.24, 2.45) is 11.7 Å². The quantitative estimate of drug-likeness (QED) is 0.896. The summed E-state index contributed by atoms with van der Waals surface area (Å²) in [5.74, 6) is 0.568. The van der Waals surface area contributed by atoms with Crippen LogP contribution in [0.4, 0.5) is 18.9 Å². The predicted octanol–water partition coefficient (Wildman–Crippen LogP) is 3.79. The van der Waals surface area contributed by atoms with Crippen LogP contribution in [-0.2, 0) is 12.7 Å². The molecular formula is C15H21F3N2. The normalized spacial score (nSPS) is 24.0. The first-order valence-corrected chi connectivity index (χ1v) is 6.99. The molecule has 0 spiro atoms. The second-order valence-corrected chi connectivity index (χ2v) is 5.73. The summed E-state index contributed by atoms with van der Waals surface area (Å²) in [7, 11) is 0. The van der Waals surface area contributed by atoms with Gasteiger partial charge in [-0.15, -0.1) is 0 Å². The van der Waals surface area contributed by atoms with Gasteiger partial charge < -0.3 is 10.6 Å². The van der Waals surface area contributed by atoms with Crippen molar-refractivity contribution in [3.05, 3.63) is 29.3 Å². The second kappa shape index (κ2) is 5.64. The number of halogens is 3. The fourth-order valence-electron chi connectivity index (χ4n) is 2.95. The molecule has 1 aliphatic heterocycles. The van der Waals surface area contributed by atoms with Crippen LogP contribution in [0.3, 0.4) is 0 Å². The first-order valence-electron chi connectivity index (χ1n) is 6.99. The van der Waals surface area contributed by atoms with Crippen LogP contribution in [0, 0.1) is 5.92 Å². The van der Waals surface area contributed by atoms with Crippen LogP contribution in [0.15, 0.2) is 18.2 Å². The van der Waals surface area contributed by atoms with E-state index in [0.717, 1.165) is 12.8 Å². The number of nitrogens with two attached hydrogens (primary N) is 1. The van der Waals surface area contributed by atoms with Crippen LogP contribution in [0.2, 0.25) is 0 Å². The van der Waals surface area contributed by atoms with Crippen molar-refractivity contribution in [3.8, 4) is 0 Å². The molecule has 5 heteroatoms. The van der Waals surface area contributed by atoms with Crippen molar-refractivity contribution < 1.29 is 13.2 Å². The molecule has 0 saturated carbocycles. The minimum Gasteiger partial charge on any atom is -0.368 e. The summed E-state index contributed by atoms with van der Waals surface area (Å²) in [4.78, 5) is 1.88. The molecule has 0 aromatic heterocycles. The van der Waals surface area contributed by atoms with Gasteiger partial charge in [-0.3, -0.25) is 0 Å². The van der Waals surface area contributed by atoms with Gasteiger partial charge in [0.05, 0.1) is 5.56 Å². The summed E-state index contributed by atoms with van der Waals surface area (Å²) in [6, 6.07) is 4.57. The summed E-state index contributed by atoms with van der Waals surface area (Å²) in [6.07, 6.45) is -2.49. The number of hydrogen-bond acceptors (Lipinski definition) is 2. The van der Waals surface area contributed by atoms with E-state index in [4.69, 9.17) is 5.73 Å². The van der Waals surface area contributed by atoms with E-state index in [2.05, 4.69) is 6.92 Å². The van der Waals surface area contributed by atoms with E-state index < -0.39 is 11.7 Å². The molecule has 0 radical (unpaired) electrons. The van der Waals surface area contributed by atoms with Crippen LogP contribution in [0.25, 0.3) is 0 Å². The Morgan fingerprint density at radius 2 is 2.00 bits per heavy atom. The molecule has 1 aromatic rings. The van der Waals surface area contributed by atoms with Gasteiger partial charge in [0.2, 0.25) is 0 Å². The molecule has 2 rings (SSSR count). The number of alkyl halides is 3. The lowest BCUT2D eigenvalue weighted by atomic mass is 9.92. The summed E-state index contributed by atoms with van der Waals surface area (Å²) in [6.45, 7) is 4.94. The van der Waals surface area contributed by atoms with Gasteiger partial charge in [0.1, 0.15) is 0 Å². The van der Waals surface area contributed by atoms with E-state index in [1.807, 2.05) is 11.8 Å². The van der Waals surface area contributed by atoms with Gasteiger partial charge in [-0.2, -0.15) is 13.2 Å². The van der Waals surface area contributed by atoms with Crippen LogP contribution < -0.4 is 10.6 Å². The first kappa shape index (κ1) is 15.2. The number of anilines is 1. The van der Waals surface area contributed by atoms with Crippen LogP contribution >= 0.6 is 0 Å². The highest BCUT2D eigenvalue weighted by Gasteiger charge is 2.36. The Bertz CT molecular complexity index is 471. The largest absolute Gasteiger partial charge is 0.418 e. The fourth-order valence-corrected chi connectivity index (χ4v) is 2.95. The highest BCUT2D eigenvalue weighted by atomic mass is 19.4. The molecule has 1 aromatic carbocycles. The van der Waals surface area contributed by atoms with Gasteiger partial charge in [0, 0.05) is 24.8 Å². The number of piperidine rings is 1. The van der Waals surface area contributed by atoms with Gasteiger partial charge in [-0.25, -0.2) is 0 Å². The summed E-state index contributed by atoms with van der Waals surface area (Å²) in [5.41, 5.74) is 5.69. The molecule has 1 fully saturated rings. The molecule has 1 saturated heterocycles. The van der Waals surface area contributed by atoms with Crippen LogP contribution in [0.5, 0.6) is 0 Å². The van der Waals surface area contributed by atoms with Gasteiger partial charge in [-0.05, 0) is 43.4 Å². The number of nitrogens with zero attached hydrogens (tertiary/aromatic N) is 1. The molecule has 0 amide bonds. The zero-order valence-corrected chi connectivity index (χ0v) is 11.9. The average molecular weight is 286 g/mol. The van der Waals surface area contributed by atoms with E-state index in [1.165, 1.54) is 6.07 Å². The minimum absolute atomic E-state index is 0.121. The Labute approximate surface area is 117 Å². The molecule has 112 valence electrons. The molecule has 1 heterocycles. The standard InChI is InChI=1S/C15H21F3N2/c1-10-5-6-20(11(2)7-10)14-4-3-12(9-19)8-13(14)15(16,17)18/h3-4,8,10-11H,5-7,9,19H2,1-2H3. The zero-order chi connectivity index (χ0) is 14.9. The maximum atomic E-state index is 13.3. The van der Waals surface area contributed by atoms with Crippen molar-refractivity contribution in [2.45, 2.75) is 45.5 Å². The van der Waals surface area contributed by atoms with Crippen LogP contribution in [0.1, 0.15) is 37.8 Å².